The molecule has 4 nitrogen and oxygen atoms in total. The van der Waals surface area contributed by atoms with Crippen LogP contribution in [0, 0.1) is 5.41 Å². The SMILES string of the molecule is c1ccc(C[C@H]2COC(C3(C4=N[C@@H](Cc5ccccc5)CO4)CCCCC3)=N2)cc1. The Balaban J connectivity index is 1.36. The van der Waals surface area contributed by atoms with Crippen LogP contribution in [0.2, 0.25) is 0 Å². The van der Waals surface area contributed by atoms with E-state index in [9.17, 15) is 0 Å². The standard InChI is InChI=1S/C26H30N2O2/c1-4-10-20(11-5-1)16-22-18-29-24(27-22)26(14-8-3-9-15-26)25-28-23(19-30-25)17-21-12-6-2-7-13-21/h1-2,4-7,10-13,22-23H,3,8-9,14-19H2/t22-,23-/m0/s1. The van der Waals surface area contributed by atoms with Crippen molar-refractivity contribution in [3.05, 3.63) is 71.8 Å². The predicted octanol–water partition coefficient (Wildman–Crippen LogP) is 5.02. The fourth-order valence-corrected chi connectivity index (χ4v) is 5.01. The first-order chi connectivity index (χ1) is 14.8. The molecule has 4 heteroatoms. The van der Waals surface area contributed by atoms with Crippen LogP contribution in [0.15, 0.2) is 70.6 Å². The van der Waals surface area contributed by atoms with Crippen LogP contribution >= 0.6 is 0 Å². The van der Waals surface area contributed by atoms with Crippen LogP contribution in [0.25, 0.3) is 0 Å². The third kappa shape index (κ3) is 4.00. The quantitative estimate of drug-likeness (QED) is 0.681. The van der Waals surface area contributed by atoms with Gasteiger partial charge < -0.3 is 9.47 Å². The van der Waals surface area contributed by atoms with Crippen molar-refractivity contribution in [1.29, 1.82) is 0 Å². The van der Waals surface area contributed by atoms with E-state index < -0.39 is 0 Å². The highest BCUT2D eigenvalue weighted by molar-refractivity contribution is 6.06. The second-order valence-corrected chi connectivity index (χ2v) is 8.82. The fourth-order valence-electron chi connectivity index (χ4n) is 5.01. The summed E-state index contributed by atoms with van der Waals surface area (Å²) < 4.78 is 12.5. The zero-order valence-corrected chi connectivity index (χ0v) is 17.5. The van der Waals surface area contributed by atoms with E-state index in [0.29, 0.717) is 13.2 Å². The lowest BCUT2D eigenvalue weighted by Crippen LogP contribution is -2.41. The van der Waals surface area contributed by atoms with Gasteiger partial charge in [0, 0.05) is 0 Å². The summed E-state index contributed by atoms with van der Waals surface area (Å²) >= 11 is 0. The summed E-state index contributed by atoms with van der Waals surface area (Å²) in [5, 5.41) is 0. The molecule has 0 unspecified atom stereocenters. The van der Waals surface area contributed by atoms with Crippen LogP contribution in [0.1, 0.15) is 43.2 Å². The Hall–Kier alpha value is -2.62. The summed E-state index contributed by atoms with van der Waals surface area (Å²) in [7, 11) is 0. The molecule has 2 aromatic carbocycles. The second-order valence-electron chi connectivity index (χ2n) is 8.82. The van der Waals surface area contributed by atoms with Crippen molar-refractivity contribution in [2.75, 3.05) is 13.2 Å². The van der Waals surface area contributed by atoms with E-state index in [1.54, 1.807) is 0 Å². The van der Waals surface area contributed by atoms with Gasteiger partial charge in [0.2, 0.25) is 0 Å². The summed E-state index contributed by atoms with van der Waals surface area (Å²) in [5.74, 6) is 1.75. The van der Waals surface area contributed by atoms with E-state index >= 15 is 0 Å². The molecule has 0 saturated heterocycles. The summed E-state index contributed by atoms with van der Waals surface area (Å²) in [6, 6.07) is 21.5. The zero-order chi connectivity index (χ0) is 20.2. The number of hydrogen-bond donors (Lipinski definition) is 0. The van der Waals surface area contributed by atoms with Gasteiger partial charge in [-0.25, -0.2) is 9.98 Å². The Morgan fingerprint density at radius 2 is 1.13 bits per heavy atom. The van der Waals surface area contributed by atoms with Gasteiger partial charge >= 0.3 is 0 Å². The normalized spacial score (nSPS) is 25.2. The molecule has 2 heterocycles. The predicted molar refractivity (Wildman–Crippen MR) is 120 cm³/mol. The Morgan fingerprint density at radius 3 is 1.60 bits per heavy atom. The molecule has 1 aliphatic carbocycles. The molecule has 5 rings (SSSR count). The summed E-state index contributed by atoms with van der Waals surface area (Å²) in [5.41, 5.74) is 2.37. The van der Waals surface area contributed by atoms with Crippen LogP contribution < -0.4 is 0 Å². The topological polar surface area (TPSA) is 43.2 Å². The van der Waals surface area contributed by atoms with Gasteiger partial charge in [0.1, 0.15) is 18.6 Å². The van der Waals surface area contributed by atoms with Crippen LogP contribution in [0.4, 0.5) is 0 Å². The Bertz CT molecular complexity index is 832. The van der Waals surface area contributed by atoms with Crippen LogP contribution in [-0.4, -0.2) is 37.1 Å². The van der Waals surface area contributed by atoms with Crippen molar-refractivity contribution >= 4 is 11.8 Å². The highest BCUT2D eigenvalue weighted by Gasteiger charge is 2.49. The summed E-state index contributed by atoms with van der Waals surface area (Å²) in [6.07, 6.45) is 7.52. The van der Waals surface area contributed by atoms with Crippen molar-refractivity contribution in [2.24, 2.45) is 15.4 Å². The lowest BCUT2D eigenvalue weighted by molar-refractivity contribution is 0.219. The third-order valence-corrected chi connectivity index (χ3v) is 6.58. The first-order valence-corrected chi connectivity index (χ1v) is 11.3. The van der Waals surface area contributed by atoms with Crippen LogP contribution in [0.3, 0.4) is 0 Å². The maximum Gasteiger partial charge on any atom is 0.199 e. The minimum Gasteiger partial charge on any atom is -0.478 e. The molecular weight excluding hydrogens is 372 g/mol. The lowest BCUT2D eigenvalue weighted by atomic mass is 9.73. The smallest absolute Gasteiger partial charge is 0.199 e. The largest absolute Gasteiger partial charge is 0.478 e. The van der Waals surface area contributed by atoms with E-state index in [0.717, 1.165) is 37.5 Å². The minimum absolute atomic E-state index is 0.184. The molecule has 0 aromatic heterocycles. The van der Waals surface area contributed by atoms with Crippen molar-refractivity contribution in [2.45, 2.75) is 57.0 Å². The second kappa shape index (κ2) is 8.63. The van der Waals surface area contributed by atoms with E-state index in [1.807, 2.05) is 0 Å². The Morgan fingerprint density at radius 1 is 0.667 bits per heavy atom. The monoisotopic (exact) mass is 402 g/mol. The maximum atomic E-state index is 6.24. The van der Waals surface area contributed by atoms with Gasteiger partial charge in [-0.2, -0.15) is 0 Å². The lowest BCUT2D eigenvalue weighted by Gasteiger charge is -2.35. The number of hydrogen-bond acceptors (Lipinski definition) is 4. The van der Waals surface area contributed by atoms with Gasteiger partial charge in [-0.15, -0.1) is 0 Å². The molecule has 0 amide bonds. The van der Waals surface area contributed by atoms with Gasteiger partial charge in [0.15, 0.2) is 11.8 Å². The number of ether oxygens (including phenoxy) is 2. The molecule has 30 heavy (non-hydrogen) atoms. The van der Waals surface area contributed by atoms with E-state index in [2.05, 4.69) is 60.7 Å². The van der Waals surface area contributed by atoms with Crippen molar-refractivity contribution in [3.8, 4) is 0 Å². The van der Waals surface area contributed by atoms with Crippen molar-refractivity contribution in [3.63, 3.8) is 0 Å². The summed E-state index contributed by atoms with van der Waals surface area (Å²) in [4.78, 5) is 10.1. The van der Waals surface area contributed by atoms with Crippen LogP contribution in [0.5, 0.6) is 0 Å². The number of benzene rings is 2. The average molecular weight is 403 g/mol. The molecule has 0 radical (unpaired) electrons. The molecule has 3 aliphatic rings. The number of nitrogens with zero attached hydrogens (tertiary/aromatic N) is 2. The minimum atomic E-state index is -0.255. The number of rotatable bonds is 6. The van der Waals surface area contributed by atoms with Gasteiger partial charge in [0.25, 0.3) is 0 Å². The molecule has 1 fully saturated rings. The molecule has 2 atom stereocenters. The van der Waals surface area contributed by atoms with E-state index in [-0.39, 0.29) is 17.5 Å². The number of aliphatic imine (C=N–C) groups is 2. The Kier molecular flexibility index (Phi) is 5.56. The molecule has 2 aliphatic heterocycles. The van der Waals surface area contributed by atoms with E-state index in [4.69, 9.17) is 19.5 Å². The zero-order valence-electron chi connectivity index (χ0n) is 17.5. The van der Waals surface area contributed by atoms with Gasteiger partial charge in [-0.1, -0.05) is 79.9 Å². The fraction of sp³-hybridized carbons (Fsp3) is 0.462. The van der Waals surface area contributed by atoms with Gasteiger partial charge in [-0.05, 0) is 36.8 Å². The third-order valence-electron chi connectivity index (χ3n) is 6.58. The summed E-state index contributed by atoms with van der Waals surface area (Å²) in [6.45, 7) is 1.32. The molecule has 0 N–H and O–H groups in total. The van der Waals surface area contributed by atoms with Gasteiger partial charge in [0.05, 0.1) is 12.1 Å². The highest BCUT2D eigenvalue weighted by Crippen LogP contribution is 2.43. The molecule has 0 bridgehead atoms. The first kappa shape index (κ1) is 19.3. The van der Waals surface area contributed by atoms with Crippen molar-refractivity contribution < 1.29 is 9.47 Å². The highest BCUT2D eigenvalue weighted by atomic mass is 16.5. The van der Waals surface area contributed by atoms with Crippen molar-refractivity contribution in [1.82, 2.24) is 0 Å². The first-order valence-electron chi connectivity index (χ1n) is 11.3. The molecular formula is C26H30N2O2. The van der Waals surface area contributed by atoms with E-state index in [1.165, 1.54) is 30.4 Å². The molecule has 1 saturated carbocycles. The Labute approximate surface area is 179 Å². The molecule has 0 spiro atoms. The van der Waals surface area contributed by atoms with Gasteiger partial charge in [-0.3, -0.25) is 0 Å². The molecule has 156 valence electrons. The average Bonchev–Trinajstić information content (AvgIpc) is 3.46. The molecule has 2 aromatic rings. The van der Waals surface area contributed by atoms with Crippen LogP contribution in [-0.2, 0) is 22.3 Å². The maximum absolute atomic E-state index is 6.24.